The van der Waals surface area contributed by atoms with E-state index >= 15 is 0 Å². The Morgan fingerprint density at radius 2 is 2.07 bits per heavy atom. The molecule has 3 aromatic rings. The number of nitrogens with one attached hydrogen (secondary N) is 2. The standard InChI is InChI=1S/C24H29N3O3/c1-30-19-10-8-17(9-11-19)21(22-14-25-23-7-3-2-6-20(22)23)13-26-24(29)16-27-12-4-5-18(28)15-27/h2-3,6-11,14,18,21,25,28H,4-5,12-13,15-16H2,1H3,(H,26,29)/t18-,21-/m1/s1. The molecular formula is C24H29N3O3. The van der Waals surface area contributed by atoms with Crippen molar-refractivity contribution in [2.45, 2.75) is 24.9 Å². The van der Waals surface area contributed by atoms with Crippen molar-refractivity contribution in [2.24, 2.45) is 0 Å². The summed E-state index contributed by atoms with van der Waals surface area (Å²) in [6.45, 7) is 2.25. The van der Waals surface area contributed by atoms with Crippen LogP contribution in [-0.2, 0) is 4.79 Å². The fraction of sp³-hybridized carbons (Fsp3) is 0.375. The number of amides is 1. The van der Waals surface area contributed by atoms with E-state index in [1.165, 1.54) is 0 Å². The SMILES string of the molecule is COc1ccc([C@@H](CNC(=O)CN2CCC[C@@H](O)C2)c2c[nH]c3ccccc23)cc1. The summed E-state index contributed by atoms with van der Waals surface area (Å²) in [5, 5.41) is 14.1. The van der Waals surface area contributed by atoms with Gasteiger partial charge in [0.05, 0.1) is 19.8 Å². The third-order valence-electron chi connectivity index (χ3n) is 5.87. The van der Waals surface area contributed by atoms with Gasteiger partial charge in [0.15, 0.2) is 0 Å². The van der Waals surface area contributed by atoms with E-state index in [0.717, 1.165) is 47.2 Å². The zero-order chi connectivity index (χ0) is 20.9. The van der Waals surface area contributed by atoms with Gasteiger partial charge in [0.25, 0.3) is 0 Å². The summed E-state index contributed by atoms with van der Waals surface area (Å²) >= 11 is 0. The molecule has 0 bridgehead atoms. The zero-order valence-electron chi connectivity index (χ0n) is 17.3. The second kappa shape index (κ2) is 9.32. The Labute approximate surface area is 176 Å². The molecule has 1 amide bonds. The Morgan fingerprint density at radius 3 is 2.83 bits per heavy atom. The van der Waals surface area contributed by atoms with E-state index in [2.05, 4.69) is 34.6 Å². The number of methoxy groups -OCH3 is 1. The number of H-pyrrole nitrogens is 1. The minimum atomic E-state index is -0.329. The minimum Gasteiger partial charge on any atom is -0.497 e. The van der Waals surface area contributed by atoms with E-state index in [9.17, 15) is 9.90 Å². The van der Waals surface area contributed by atoms with Gasteiger partial charge in [-0.2, -0.15) is 0 Å². The van der Waals surface area contributed by atoms with Gasteiger partial charge in [-0.3, -0.25) is 9.69 Å². The molecule has 0 spiro atoms. The monoisotopic (exact) mass is 407 g/mol. The molecule has 0 aliphatic carbocycles. The summed E-state index contributed by atoms with van der Waals surface area (Å²) in [7, 11) is 1.66. The molecule has 1 aliphatic rings. The number of para-hydroxylation sites is 1. The van der Waals surface area contributed by atoms with Crippen LogP contribution in [0.3, 0.4) is 0 Å². The van der Waals surface area contributed by atoms with E-state index < -0.39 is 0 Å². The van der Waals surface area contributed by atoms with Crippen LogP contribution in [0.15, 0.2) is 54.7 Å². The Morgan fingerprint density at radius 1 is 1.27 bits per heavy atom. The Bertz CT molecular complexity index is 983. The lowest BCUT2D eigenvalue weighted by Crippen LogP contribution is -2.44. The minimum absolute atomic E-state index is 0.0116. The Kier molecular flexibility index (Phi) is 6.35. The number of carbonyl (C=O) groups excluding carboxylic acids is 1. The van der Waals surface area contributed by atoms with Crippen molar-refractivity contribution in [1.82, 2.24) is 15.2 Å². The molecule has 0 saturated carbocycles. The van der Waals surface area contributed by atoms with Crippen LogP contribution in [0.4, 0.5) is 0 Å². The first-order valence-corrected chi connectivity index (χ1v) is 10.5. The van der Waals surface area contributed by atoms with Gasteiger partial charge in [-0.1, -0.05) is 30.3 Å². The Balaban J connectivity index is 1.52. The van der Waals surface area contributed by atoms with Gasteiger partial charge in [-0.25, -0.2) is 0 Å². The normalized spacial score (nSPS) is 18.3. The largest absolute Gasteiger partial charge is 0.497 e. The molecule has 6 heteroatoms. The summed E-state index contributed by atoms with van der Waals surface area (Å²) in [5.74, 6) is 0.814. The third-order valence-corrected chi connectivity index (χ3v) is 5.87. The van der Waals surface area contributed by atoms with Crippen LogP contribution in [-0.4, -0.2) is 60.3 Å². The Hall–Kier alpha value is -2.83. The summed E-state index contributed by atoms with van der Waals surface area (Å²) in [6.07, 6.45) is 3.45. The predicted octanol–water partition coefficient (Wildman–Crippen LogP) is 2.88. The molecule has 30 heavy (non-hydrogen) atoms. The number of piperidine rings is 1. The molecule has 2 atom stereocenters. The van der Waals surface area contributed by atoms with Crippen LogP contribution in [0.2, 0.25) is 0 Å². The number of carbonyl (C=O) groups is 1. The lowest BCUT2D eigenvalue weighted by molar-refractivity contribution is -0.122. The molecule has 158 valence electrons. The van der Waals surface area contributed by atoms with Crippen LogP contribution in [0.25, 0.3) is 10.9 Å². The van der Waals surface area contributed by atoms with E-state index in [-0.39, 0.29) is 17.9 Å². The number of benzene rings is 2. The number of nitrogens with zero attached hydrogens (tertiary/aromatic N) is 1. The second-order valence-corrected chi connectivity index (χ2v) is 7.95. The van der Waals surface area contributed by atoms with E-state index in [1.54, 1.807) is 7.11 Å². The fourth-order valence-electron chi connectivity index (χ4n) is 4.28. The zero-order valence-corrected chi connectivity index (χ0v) is 17.3. The lowest BCUT2D eigenvalue weighted by Gasteiger charge is -2.29. The topological polar surface area (TPSA) is 77.6 Å². The first-order chi connectivity index (χ1) is 14.6. The maximum atomic E-state index is 12.6. The van der Waals surface area contributed by atoms with Crippen LogP contribution in [0.1, 0.15) is 29.9 Å². The van der Waals surface area contributed by atoms with Crippen molar-refractivity contribution in [1.29, 1.82) is 0 Å². The van der Waals surface area contributed by atoms with Crippen LogP contribution >= 0.6 is 0 Å². The first-order valence-electron chi connectivity index (χ1n) is 10.5. The number of fused-ring (bicyclic) bond motifs is 1. The molecular weight excluding hydrogens is 378 g/mol. The van der Waals surface area contributed by atoms with Crippen LogP contribution in [0, 0.1) is 0 Å². The van der Waals surface area contributed by atoms with Crippen molar-refractivity contribution in [3.05, 3.63) is 65.9 Å². The highest BCUT2D eigenvalue weighted by Gasteiger charge is 2.22. The summed E-state index contributed by atoms with van der Waals surface area (Å²) in [5.41, 5.74) is 3.36. The number of β-amino-alcohol motifs (C(OH)–C–C–N with tert-alkyl or cyclic N) is 1. The van der Waals surface area contributed by atoms with E-state index in [0.29, 0.717) is 19.6 Å². The van der Waals surface area contributed by atoms with Gasteiger partial charge in [0.2, 0.25) is 5.91 Å². The van der Waals surface area contributed by atoms with Crippen molar-refractivity contribution in [3.8, 4) is 5.75 Å². The van der Waals surface area contributed by atoms with Gasteiger partial charge in [-0.05, 0) is 48.7 Å². The fourth-order valence-corrected chi connectivity index (χ4v) is 4.28. The van der Waals surface area contributed by atoms with Gasteiger partial charge in [-0.15, -0.1) is 0 Å². The lowest BCUT2D eigenvalue weighted by atomic mass is 9.90. The molecule has 0 unspecified atom stereocenters. The maximum absolute atomic E-state index is 12.6. The van der Waals surface area contributed by atoms with Crippen LogP contribution in [0.5, 0.6) is 5.75 Å². The summed E-state index contributed by atoms with van der Waals surface area (Å²) < 4.78 is 5.30. The number of likely N-dealkylation sites (tertiary alicyclic amines) is 1. The molecule has 3 N–H and O–H groups in total. The summed E-state index contributed by atoms with van der Waals surface area (Å²) in [4.78, 5) is 18.0. The van der Waals surface area contributed by atoms with Crippen molar-refractivity contribution in [2.75, 3.05) is 33.3 Å². The van der Waals surface area contributed by atoms with Crippen molar-refractivity contribution >= 4 is 16.8 Å². The molecule has 1 fully saturated rings. The molecule has 2 heterocycles. The first kappa shape index (κ1) is 20.4. The smallest absolute Gasteiger partial charge is 0.234 e. The molecule has 1 saturated heterocycles. The number of ether oxygens (including phenoxy) is 1. The number of hydrogen-bond donors (Lipinski definition) is 3. The average Bonchev–Trinajstić information content (AvgIpc) is 3.18. The molecule has 1 aliphatic heterocycles. The van der Waals surface area contributed by atoms with Gasteiger partial charge < -0.3 is 20.1 Å². The molecule has 1 aromatic heterocycles. The maximum Gasteiger partial charge on any atom is 0.234 e. The van der Waals surface area contributed by atoms with Crippen LogP contribution < -0.4 is 10.1 Å². The number of aliphatic hydroxyl groups excluding tert-OH is 1. The number of rotatable bonds is 7. The molecule has 4 rings (SSSR count). The molecule has 2 aromatic carbocycles. The number of hydrogen-bond acceptors (Lipinski definition) is 4. The number of aromatic amines is 1. The summed E-state index contributed by atoms with van der Waals surface area (Å²) in [6, 6.07) is 16.2. The van der Waals surface area contributed by atoms with E-state index in [4.69, 9.17) is 4.74 Å². The highest BCUT2D eigenvalue weighted by molar-refractivity contribution is 5.84. The number of aromatic nitrogens is 1. The highest BCUT2D eigenvalue weighted by atomic mass is 16.5. The molecule has 6 nitrogen and oxygen atoms in total. The van der Waals surface area contributed by atoms with Crippen molar-refractivity contribution in [3.63, 3.8) is 0 Å². The van der Waals surface area contributed by atoms with Crippen molar-refractivity contribution < 1.29 is 14.6 Å². The van der Waals surface area contributed by atoms with Gasteiger partial charge in [0.1, 0.15) is 5.75 Å². The van der Waals surface area contributed by atoms with Gasteiger partial charge in [0, 0.05) is 36.1 Å². The van der Waals surface area contributed by atoms with E-state index in [1.807, 2.05) is 35.4 Å². The molecule has 0 radical (unpaired) electrons. The highest BCUT2D eigenvalue weighted by Crippen LogP contribution is 2.31. The van der Waals surface area contributed by atoms with Gasteiger partial charge >= 0.3 is 0 Å². The number of aliphatic hydroxyl groups is 1. The second-order valence-electron chi connectivity index (χ2n) is 7.95. The third kappa shape index (κ3) is 4.66. The predicted molar refractivity (Wildman–Crippen MR) is 118 cm³/mol. The quantitative estimate of drug-likeness (QED) is 0.563. The average molecular weight is 408 g/mol.